The Kier molecular flexibility index (Phi) is 7.83. The first-order valence-electron chi connectivity index (χ1n) is 7.80. The van der Waals surface area contributed by atoms with Gasteiger partial charge in [-0.3, -0.25) is 4.79 Å². The van der Waals surface area contributed by atoms with E-state index in [4.69, 9.17) is 5.73 Å². The number of anilines is 1. The number of amides is 1. The molecule has 1 atom stereocenters. The normalized spacial score (nSPS) is 12.2. The van der Waals surface area contributed by atoms with E-state index in [9.17, 15) is 4.79 Å². The molecule has 0 heterocycles. The highest BCUT2D eigenvalue weighted by Gasteiger charge is 2.13. The minimum absolute atomic E-state index is 0.0277. The number of benzene rings is 1. The average molecular weight is 291 g/mol. The molecule has 0 aliphatic rings. The van der Waals surface area contributed by atoms with Gasteiger partial charge in [0.15, 0.2) is 0 Å². The number of nitrogens with two attached hydrogens (primary N) is 1. The molecule has 4 heteroatoms. The minimum Gasteiger partial charge on any atom is -0.375 e. The SMILES string of the molecule is CC(C)C[C@H](N)C(=O)NCCCCN(C)c1ccccc1. The first kappa shape index (κ1) is 17.5. The lowest BCUT2D eigenvalue weighted by Crippen LogP contribution is -2.41. The minimum atomic E-state index is -0.378. The summed E-state index contributed by atoms with van der Waals surface area (Å²) < 4.78 is 0. The van der Waals surface area contributed by atoms with Crippen molar-refractivity contribution in [2.75, 3.05) is 25.0 Å². The number of unbranched alkanes of at least 4 members (excludes halogenated alkanes) is 1. The molecule has 0 aromatic heterocycles. The van der Waals surface area contributed by atoms with Gasteiger partial charge < -0.3 is 16.0 Å². The van der Waals surface area contributed by atoms with Crippen LogP contribution in [-0.2, 0) is 4.79 Å². The molecule has 0 saturated carbocycles. The van der Waals surface area contributed by atoms with Crippen molar-refractivity contribution in [2.45, 2.75) is 39.2 Å². The Morgan fingerprint density at radius 3 is 2.52 bits per heavy atom. The van der Waals surface area contributed by atoms with Crippen molar-refractivity contribution in [3.8, 4) is 0 Å². The van der Waals surface area contributed by atoms with Crippen molar-refractivity contribution in [1.29, 1.82) is 0 Å². The van der Waals surface area contributed by atoms with Gasteiger partial charge in [0.05, 0.1) is 6.04 Å². The molecule has 0 spiro atoms. The predicted octanol–water partition coefficient (Wildman–Crippen LogP) is 2.39. The lowest BCUT2D eigenvalue weighted by Gasteiger charge is -2.19. The highest BCUT2D eigenvalue weighted by atomic mass is 16.2. The number of carbonyl (C=O) groups is 1. The Labute approximate surface area is 128 Å². The molecule has 0 fully saturated rings. The van der Waals surface area contributed by atoms with Crippen LogP contribution in [0.4, 0.5) is 5.69 Å². The summed E-state index contributed by atoms with van der Waals surface area (Å²) in [5.41, 5.74) is 7.06. The standard InChI is InChI=1S/C17H29N3O/c1-14(2)13-16(18)17(21)19-11-7-8-12-20(3)15-9-5-4-6-10-15/h4-6,9-10,14,16H,7-8,11-13,18H2,1-3H3,(H,19,21)/t16-/m0/s1. The third-order valence-corrected chi connectivity index (χ3v) is 3.48. The van der Waals surface area contributed by atoms with E-state index < -0.39 is 0 Å². The Morgan fingerprint density at radius 2 is 1.90 bits per heavy atom. The summed E-state index contributed by atoms with van der Waals surface area (Å²) in [4.78, 5) is 14.0. The molecule has 1 aromatic carbocycles. The van der Waals surface area contributed by atoms with Gasteiger partial charge in [-0.15, -0.1) is 0 Å². The van der Waals surface area contributed by atoms with E-state index >= 15 is 0 Å². The lowest BCUT2D eigenvalue weighted by molar-refractivity contribution is -0.122. The number of carbonyl (C=O) groups excluding carboxylic acids is 1. The van der Waals surface area contributed by atoms with Gasteiger partial charge in [-0.25, -0.2) is 0 Å². The zero-order valence-electron chi connectivity index (χ0n) is 13.5. The molecule has 3 N–H and O–H groups in total. The summed E-state index contributed by atoms with van der Waals surface area (Å²) in [5, 5.41) is 2.92. The van der Waals surface area contributed by atoms with Crippen molar-refractivity contribution in [3.63, 3.8) is 0 Å². The predicted molar refractivity (Wildman–Crippen MR) is 89.4 cm³/mol. The molecule has 0 aliphatic carbocycles. The van der Waals surface area contributed by atoms with E-state index in [-0.39, 0.29) is 11.9 Å². The summed E-state index contributed by atoms with van der Waals surface area (Å²) in [6.45, 7) is 5.84. The smallest absolute Gasteiger partial charge is 0.236 e. The molecular formula is C17H29N3O. The van der Waals surface area contributed by atoms with Crippen LogP contribution in [0.25, 0.3) is 0 Å². The summed E-state index contributed by atoms with van der Waals surface area (Å²) in [6.07, 6.45) is 2.75. The van der Waals surface area contributed by atoms with Crippen molar-refractivity contribution < 1.29 is 4.79 Å². The molecule has 0 unspecified atom stereocenters. The second-order valence-corrected chi connectivity index (χ2v) is 5.99. The fraction of sp³-hybridized carbons (Fsp3) is 0.588. The Hall–Kier alpha value is -1.55. The molecule has 0 aliphatic heterocycles. The van der Waals surface area contributed by atoms with Crippen molar-refractivity contribution in [1.82, 2.24) is 5.32 Å². The summed E-state index contributed by atoms with van der Waals surface area (Å²) in [6, 6.07) is 9.94. The Morgan fingerprint density at radius 1 is 1.24 bits per heavy atom. The molecule has 21 heavy (non-hydrogen) atoms. The third kappa shape index (κ3) is 7.14. The number of hydrogen-bond donors (Lipinski definition) is 2. The van der Waals surface area contributed by atoms with E-state index in [0.717, 1.165) is 25.8 Å². The van der Waals surface area contributed by atoms with Crippen LogP contribution in [0, 0.1) is 5.92 Å². The van der Waals surface area contributed by atoms with E-state index in [0.29, 0.717) is 12.5 Å². The number of rotatable bonds is 9. The molecule has 1 rings (SSSR count). The molecule has 0 saturated heterocycles. The second-order valence-electron chi connectivity index (χ2n) is 5.99. The Bertz CT molecular complexity index is 406. The monoisotopic (exact) mass is 291 g/mol. The second kappa shape index (κ2) is 9.40. The molecular weight excluding hydrogens is 262 g/mol. The average Bonchev–Trinajstić information content (AvgIpc) is 2.46. The van der Waals surface area contributed by atoms with Crippen LogP contribution in [0.2, 0.25) is 0 Å². The first-order valence-corrected chi connectivity index (χ1v) is 7.80. The van der Waals surface area contributed by atoms with Gasteiger partial charge in [0.25, 0.3) is 0 Å². The summed E-state index contributed by atoms with van der Waals surface area (Å²) >= 11 is 0. The van der Waals surface area contributed by atoms with Gasteiger partial charge in [0, 0.05) is 25.8 Å². The molecule has 0 bridgehead atoms. The van der Waals surface area contributed by atoms with Crippen LogP contribution in [0.5, 0.6) is 0 Å². The quantitative estimate of drug-likeness (QED) is 0.687. The number of hydrogen-bond acceptors (Lipinski definition) is 3. The first-order chi connectivity index (χ1) is 10.0. The fourth-order valence-electron chi connectivity index (χ4n) is 2.24. The van der Waals surface area contributed by atoms with Crippen LogP contribution in [0.1, 0.15) is 33.1 Å². The third-order valence-electron chi connectivity index (χ3n) is 3.48. The van der Waals surface area contributed by atoms with Crippen molar-refractivity contribution >= 4 is 11.6 Å². The van der Waals surface area contributed by atoms with Crippen LogP contribution >= 0.6 is 0 Å². The van der Waals surface area contributed by atoms with E-state index in [1.807, 2.05) is 18.2 Å². The van der Waals surface area contributed by atoms with Gasteiger partial charge in [-0.2, -0.15) is 0 Å². The highest BCUT2D eigenvalue weighted by molar-refractivity contribution is 5.81. The number of para-hydroxylation sites is 1. The maximum atomic E-state index is 11.8. The van der Waals surface area contributed by atoms with Crippen molar-refractivity contribution in [3.05, 3.63) is 30.3 Å². The fourth-order valence-corrected chi connectivity index (χ4v) is 2.24. The van der Waals surface area contributed by atoms with Gasteiger partial charge in [-0.05, 0) is 37.3 Å². The highest BCUT2D eigenvalue weighted by Crippen LogP contribution is 2.11. The van der Waals surface area contributed by atoms with Gasteiger partial charge in [0.2, 0.25) is 5.91 Å². The topological polar surface area (TPSA) is 58.4 Å². The molecule has 1 amide bonds. The summed E-state index contributed by atoms with van der Waals surface area (Å²) in [5.74, 6) is 0.422. The van der Waals surface area contributed by atoms with Crippen LogP contribution < -0.4 is 16.0 Å². The van der Waals surface area contributed by atoms with E-state index in [1.165, 1.54) is 5.69 Å². The maximum absolute atomic E-state index is 11.8. The van der Waals surface area contributed by atoms with E-state index in [2.05, 4.69) is 43.2 Å². The summed E-state index contributed by atoms with van der Waals surface area (Å²) in [7, 11) is 2.09. The van der Waals surface area contributed by atoms with Crippen molar-refractivity contribution in [2.24, 2.45) is 11.7 Å². The van der Waals surface area contributed by atoms with Gasteiger partial charge in [-0.1, -0.05) is 32.0 Å². The van der Waals surface area contributed by atoms with Crippen LogP contribution in [0.3, 0.4) is 0 Å². The molecule has 4 nitrogen and oxygen atoms in total. The molecule has 0 radical (unpaired) electrons. The number of nitrogens with one attached hydrogen (secondary N) is 1. The van der Waals surface area contributed by atoms with Gasteiger partial charge >= 0.3 is 0 Å². The zero-order chi connectivity index (χ0) is 15.7. The van der Waals surface area contributed by atoms with Crippen LogP contribution in [0.15, 0.2) is 30.3 Å². The van der Waals surface area contributed by atoms with Gasteiger partial charge in [0.1, 0.15) is 0 Å². The molecule has 1 aromatic rings. The molecule has 118 valence electrons. The number of nitrogens with zero attached hydrogens (tertiary/aromatic N) is 1. The van der Waals surface area contributed by atoms with Crippen LogP contribution in [-0.4, -0.2) is 32.1 Å². The largest absolute Gasteiger partial charge is 0.375 e. The zero-order valence-corrected chi connectivity index (χ0v) is 13.5. The maximum Gasteiger partial charge on any atom is 0.236 e. The Balaban J connectivity index is 2.13. The lowest BCUT2D eigenvalue weighted by atomic mass is 10.0. The van der Waals surface area contributed by atoms with E-state index in [1.54, 1.807) is 0 Å².